The maximum Gasteiger partial charge on any atom is 0.410 e. The predicted molar refractivity (Wildman–Crippen MR) is 132 cm³/mol. The van der Waals surface area contributed by atoms with Crippen LogP contribution in [0.5, 0.6) is 0 Å². The van der Waals surface area contributed by atoms with E-state index in [2.05, 4.69) is 0 Å². The maximum absolute atomic E-state index is 13.8. The van der Waals surface area contributed by atoms with Crippen molar-refractivity contribution in [3.8, 4) is 0 Å². The first-order valence-corrected chi connectivity index (χ1v) is 12.9. The van der Waals surface area contributed by atoms with Gasteiger partial charge in [-0.2, -0.15) is 4.31 Å². The van der Waals surface area contributed by atoms with Crippen LogP contribution in [0.15, 0.2) is 53.4 Å². The summed E-state index contributed by atoms with van der Waals surface area (Å²) in [6.45, 7) is 6.16. The van der Waals surface area contributed by atoms with E-state index in [4.69, 9.17) is 15.2 Å². The number of benzene rings is 2. The molecule has 1 saturated heterocycles. The molecule has 10 heteroatoms. The molecule has 1 atom stereocenters. The topological polar surface area (TPSA) is 119 Å². The van der Waals surface area contributed by atoms with Crippen LogP contribution in [0.4, 0.5) is 10.5 Å². The minimum absolute atomic E-state index is 0.0704. The van der Waals surface area contributed by atoms with Gasteiger partial charge in [-0.25, -0.2) is 18.0 Å². The SMILES string of the molecule is COC(=O)c1ccc(CN(C2CCCN(C(=O)OC(C)(C)C)C2)S(=O)(=O)c2ccc(N)cc2)cc1. The zero-order valence-electron chi connectivity index (χ0n) is 20.6. The van der Waals surface area contributed by atoms with Gasteiger partial charge in [0.05, 0.1) is 17.6 Å². The van der Waals surface area contributed by atoms with E-state index < -0.39 is 33.7 Å². The second-order valence-corrected chi connectivity index (χ2v) is 11.4. The van der Waals surface area contributed by atoms with Crippen LogP contribution in [0, 0.1) is 0 Å². The van der Waals surface area contributed by atoms with Gasteiger partial charge in [0.1, 0.15) is 5.60 Å². The summed E-state index contributed by atoms with van der Waals surface area (Å²) in [6, 6.07) is 12.2. The fourth-order valence-electron chi connectivity index (χ4n) is 3.91. The summed E-state index contributed by atoms with van der Waals surface area (Å²) in [7, 11) is -2.62. The largest absolute Gasteiger partial charge is 0.465 e. The van der Waals surface area contributed by atoms with Gasteiger partial charge in [-0.15, -0.1) is 0 Å². The fourth-order valence-corrected chi connectivity index (χ4v) is 5.55. The van der Waals surface area contributed by atoms with Crippen molar-refractivity contribution < 1.29 is 27.5 Å². The molecule has 2 N–H and O–H groups in total. The van der Waals surface area contributed by atoms with Gasteiger partial charge in [-0.1, -0.05) is 12.1 Å². The van der Waals surface area contributed by atoms with Gasteiger partial charge in [0.25, 0.3) is 0 Å². The number of carbonyl (C=O) groups is 2. The number of rotatable bonds is 6. The van der Waals surface area contributed by atoms with Crippen LogP contribution in [0.1, 0.15) is 49.5 Å². The molecule has 0 saturated carbocycles. The van der Waals surface area contributed by atoms with Crippen LogP contribution in [0.3, 0.4) is 0 Å². The summed E-state index contributed by atoms with van der Waals surface area (Å²) in [4.78, 5) is 26.2. The molecule has 9 nitrogen and oxygen atoms in total. The molecule has 0 bridgehead atoms. The molecule has 0 aromatic heterocycles. The summed E-state index contributed by atoms with van der Waals surface area (Å²) in [5.74, 6) is -0.469. The highest BCUT2D eigenvalue weighted by molar-refractivity contribution is 7.89. The third-order valence-corrected chi connectivity index (χ3v) is 7.57. The summed E-state index contributed by atoms with van der Waals surface area (Å²) in [5, 5.41) is 0. The lowest BCUT2D eigenvalue weighted by Gasteiger charge is -2.39. The van der Waals surface area contributed by atoms with E-state index in [1.165, 1.54) is 23.5 Å². The highest BCUT2D eigenvalue weighted by Crippen LogP contribution is 2.27. The minimum Gasteiger partial charge on any atom is -0.465 e. The van der Waals surface area contributed by atoms with E-state index >= 15 is 0 Å². The Morgan fingerprint density at radius 2 is 1.71 bits per heavy atom. The van der Waals surface area contributed by atoms with Gasteiger partial charge in [0.2, 0.25) is 10.0 Å². The number of ether oxygens (including phenoxy) is 2. The Balaban J connectivity index is 1.92. The number of nitrogens with zero attached hydrogens (tertiary/aromatic N) is 2. The van der Waals surface area contributed by atoms with Crippen LogP contribution in [-0.4, -0.2) is 61.5 Å². The lowest BCUT2D eigenvalue weighted by molar-refractivity contribution is 0.0152. The number of methoxy groups -OCH3 is 1. The van der Waals surface area contributed by atoms with Crippen LogP contribution in [0.25, 0.3) is 0 Å². The number of nitrogens with two attached hydrogens (primary N) is 1. The smallest absolute Gasteiger partial charge is 0.410 e. The van der Waals surface area contributed by atoms with Crippen LogP contribution >= 0.6 is 0 Å². The van der Waals surface area contributed by atoms with Crippen molar-refractivity contribution in [2.45, 2.75) is 56.7 Å². The number of carbonyl (C=O) groups excluding carboxylic acids is 2. The number of piperidine rings is 1. The highest BCUT2D eigenvalue weighted by atomic mass is 32.2. The molecule has 0 radical (unpaired) electrons. The Morgan fingerprint density at radius 3 is 2.29 bits per heavy atom. The van der Waals surface area contributed by atoms with Crippen molar-refractivity contribution in [2.24, 2.45) is 0 Å². The molecule has 190 valence electrons. The number of nitrogen functional groups attached to an aromatic ring is 1. The third-order valence-electron chi connectivity index (χ3n) is 5.66. The molecule has 0 aliphatic carbocycles. The molecule has 1 aliphatic rings. The summed E-state index contributed by atoms with van der Waals surface area (Å²) in [6.07, 6.45) is 0.765. The number of amides is 1. The Bertz CT molecular complexity index is 1140. The number of hydrogen-bond acceptors (Lipinski definition) is 7. The number of hydrogen-bond donors (Lipinski definition) is 1. The molecule has 2 aromatic carbocycles. The molecular weight excluding hydrogens is 470 g/mol. The normalized spacial score (nSPS) is 16.7. The van der Waals surface area contributed by atoms with Gasteiger partial charge in [-0.05, 0) is 75.6 Å². The molecular formula is C25H33N3O6S. The first-order chi connectivity index (χ1) is 16.4. The van der Waals surface area contributed by atoms with Crippen LogP contribution in [-0.2, 0) is 26.0 Å². The van der Waals surface area contributed by atoms with Gasteiger partial charge < -0.3 is 20.1 Å². The first-order valence-electron chi connectivity index (χ1n) is 11.4. The maximum atomic E-state index is 13.8. The second-order valence-electron chi connectivity index (χ2n) is 9.53. The van der Waals surface area contributed by atoms with Gasteiger partial charge >= 0.3 is 12.1 Å². The highest BCUT2D eigenvalue weighted by Gasteiger charge is 2.36. The molecule has 1 amide bonds. The summed E-state index contributed by atoms with van der Waals surface area (Å²) < 4.78 is 39.2. The quantitative estimate of drug-likeness (QED) is 0.472. The van der Waals surface area contributed by atoms with Crippen molar-refractivity contribution in [2.75, 3.05) is 25.9 Å². The Morgan fingerprint density at radius 1 is 1.09 bits per heavy atom. The van der Waals surface area contributed by atoms with Crippen molar-refractivity contribution in [3.05, 3.63) is 59.7 Å². The van der Waals surface area contributed by atoms with Crippen molar-refractivity contribution >= 4 is 27.8 Å². The van der Waals surface area contributed by atoms with E-state index in [1.54, 1.807) is 62.1 Å². The first kappa shape index (κ1) is 26.5. The monoisotopic (exact) mass is 503 g/mol. The average molecular weight is 504 g/mol. The lowest BCUT2D eigenvalue weighted by atomic mass is 10.1. The molecule has 3 rings (SSSR count). The number of anilines is 1. The van der Waals surface area contributed by atoms with Gasteiger partial charge in [0, 0.05) is 31.4 Å². The van der Waals surface area contributed by atoms with E-state index in [0.717, 1.165) is 0 Å². The van der Waals surface area contributed by atoms with Crippen molar-refractivity contribution in [3.63, 3.8) is 0 Å². The van der Waals surface area contributed by atoms with E-state index in [1.807, 2.05) is 0 Å². The molecule has 1 aliphatic heterocycles. The third kappa shape index (κ3) is 6.73. The van der Waals surface area contributed by atoms with E-state index in [9.17, 15) is 18.0 Å². The standard InChI is InChI=1S/C25H33N3O6S/c1-25(2,3)34-24(30)27-15-5-6-21(17-27)28(35(31,32)22-13-11-20(26)12-14-22)16-18-7-9-19(10-8-18)23(29)33-4/h7-14,21H,5-6,15-17,26H2,1-4H3. The Kier molecular flexibility index (Phi) is 8.07. The molecule has 2 aromatic rings. The predicted octanol–water partition coefficient (Wildman–Crippen LogP) is 3.65. The fraction of sp³-hybridized carbons (Fsp3) is 0.440. The second kappa shape index (κ2) is 10.7. The lowest BCUT2D eigenvalue weighted by Crippen LogP contribution is -2.52. The van der Waals surface area contributed by atoms with Crippen molar-refractivity contribution in [1.29, 1.82) is 0 Å². The Labute approximate surface area is 206 Å². The zero-order chi connectivity index (χ0) is 25.8. The van der Waals surface area contributed by atoms with Gasteiger partial charge in [-0.3, -0.25) is 0 Å². The molecule has 1 fully saturated rings. The van der Waals surface area contributed by atoms with Crippen molar-refractivity contribution in [1.82, 2.24) is 9.21 Å². The van der Waals surface area contributed by atoms with E-state index in [0.29, 0.717) is 36.2 Å². The zero-order valence-corrected chi connectivity index (χ0v) is 21.4. The average Bonchev–Trinajstić information content (AvgIpc) is 2.81. The van der Waals surface area contributed by atoms with Crippen LogP contribution < -0.4 is 5.73 Å². The number of esters is 1. The van der Waals surface area contributed by atoms with Gasteiger partial charge in [0.15, 0.2) is 0 Å². The number of sulfonamides is 1. The molecule has 0 spiro atoms. The number of likely N-dealkylation sites (tertiary alicyclic amines) is 1. The summed E-state index contributed by atoms with van der Waals surface area (Å²) in [5.41, 5.74) is 6.64. The van der Waals surface area contributed by atoms with Crippen LogP contribution in [0.2, 0.25) is 0 Å². The summed E-state index contributed by atoms with van der Waals surface area (Å²) >= 11 is 0. The van der Waals surface area contributed by atoms with E-state index in [-0.39, 0.29) is 18.0 Å². The molecule has 1 heterocycles. The molecule has 35 heavy (non-hydrogen) atoms. The minimum atomic E-state index is -3.92. The Hall–Kier alpha value is -3.11. The molecule has 1 unspecified atom stereocenters.